The SMILES string of the molecule is CNCC1CCCN(C(=O)C(C)(C)c2ccccc2)C1.Cl. The first-order chi connectivity index (χ1) is 9.55. The van der Waals surface area contributed by atoms with Crippen LogP contribution in [0.4, 0.5) is 0 Å². The Morgan fingerprint density at radius 1 is 1.33 bits per heavy atom. The lowest BCUT2D eigenvalue weighted by Gasteiger charge is -2.38. The van der Waals surface area contributed by atoms with Crippen molar-refractivity contribution in [2.24, 2.45) is 5.92 Å². The highest BCUT2D eigenvalue weighted by molar-refractivity contribution is 5.87. The van der Waals surface area contributed by atoms with Crippen LogP contribution in [0.5, 0.6) is 0 Å². The van der Waals surface area contributed by atoms with E-state index in [4.69, 9.17) is 0 Å². The summed E-state index contributed by atoms with van der Waals surface area (Å²) < 4.78 is 0. The topological polar surface area (TPSA) is 32.3 Å². The minimum absolute atomic E-state index is 0. The van der Waals surface area contributed by atoms with E-state index in [1.165, 1.54) is 6.42 Å². The number of benzene rings is 1. The predicted octanol–water partition coefficient (Wildman–Crippen LogP) is 2.84. The van der Waals surface area contributed by atoms with Gasteiger partial charge in [-0.2, -0.15) is 0 Å². The van der Waals surface area contributed by atoms with Crippen molar-refractivity contribution in [3.8, 4) is 0 Å². The summed E-state index contributed by atoms with van der Waals surface area (Å²) in [7, 11) is 1.98. The normalized spacial score (nSPS) is 19.0. The Balaban J connectivity index is 0.00000220. The zero-order chi connectivity index (χ0) is 14.6. The molecule has 1 saturated heterocycles. The summed E-state index contributed by atoms with van der Waals surface area (Å²) in [5.41, 5.74) is 0.656. The van der Waals surface area contributed by atoms with Gasteiger partial charge in [0, 0.05) is 13.1 Å². The maximum atomic E-state index is 12.9. The van der Waals surface area contributed by atoms with Gasteiger partial charge in [0.1, 0.15) is 0 Å². The van der Waals surface area contributed by atoms with Gasteiger partial charge in [-0.3, -0.25) is 4.79 Å². The van der Waals surface area contributed by atoms with E-state index in [1.807, 2.05) is 51.2 Å². The maximum Gasteiger partial charge on any atom is 0.232 e. The van der Waals surface area contributed by atoms with E-state index in [9.17, 15) is 4.79 Å². The molecule has 0 radical (unpaired) electrons. The smallest absolute Gasteiger partial charge is 0.232 e. The monoisotopic (exact) mass is 310 g/mol. The summed E-state index contributed by atoms with van der Waals surface area (Å²) in [6, 6.07) is 10.1. The fourth-order valence-electron chi connectivity index (χ4n) is 3.08. The van der Waals surface area contributed by atoms with Crippen molar-refractivity contribution >= 4 is 18.3 Å². The molecule has 118 valence electrons. The number of hydrogen-bond acceptors (Lipinski definition) is 2. The molecule has 1 aliphatic rings. The van der Waals surface area contributed by atoms with E-state index in [2.05, 4.69) is 10.2 Å². The molecule has 1 aromatic rings. The van der Waals surface area contributed by atoms with Crippen LogP contribution in [-0.4, -0.2) is 37.5 Å². The maximum absolute atomic E-state index is 12.9. The number of carbonyl (C=O) groups is 1. The zero-order valence-electron chi connectivity index (χ0n) is 13.3. The number of nitrogens with zero attached hydrogens (tertiary/aromatic N) is 1. The summed E-state index contributed by atoms with van der Waals surface area (Å²) >= 11 is 0. The fourth-order valence-corrected chi connectivity index (χ4v) is 3.08. The van der Waals surface area contributed by atoms with Crippen molar-refractivity contribution < 1.29 is 4.79 Å². The predicted molar refractivity (Wildman–Crippen MR) is 89.9 cm³/mol. The molecule has 1 N–H and O–H groups in total. The molecule has 1 amide bonds. The molecule has 1 unspecified atom stereocenters. The van der Waals surface area contributed by atoms with Crippen molar-refractivity contribution in [1.82, 2.24) is 10.2 Å². The first-order valence-electron chi connectivity index (χ1n) is 7.55. The average molecular weight is 311 g/mol. The first-order valence-corrected chi connectivity index (χ1v) is 7.55. The quantitative estimate of drug-likeness (QED) is 0.927. The number of hydrogen-bond donors (Lipinski definition) is 1. The minimum Gasteiger partial charge on any atom is -0.342 e. The van der Waals surface area contributed by atoms with Crippen LogP contribution < -0.4 is 5.32 Å². The molecule has 0 saturated carbocycles. The summed E-state index contributed by atoms with van der Waals surface area (Å²) in [5.74, 6) is 0.841. The Hall–Kier alpha value is -1.06. The van der Waals surface area contributed by atoms with Crippen molar-refractivity contribution in [1.29, 1.82) is 0 Å². The van der Waals surface area contributed by atoms with E-state index in [1.54, 1.807) is 0 Å². The molecule has 0 aliphatic carbocycles. The van der Waals surface area contributed by atoms with Crippen LogP contribution in [0.3, 0.4) is 0 Å². The highest BCUT2D eigenvalue weighted by Crippen LogP contribution is 2.28. The molecule has 3 nitrogen and oxygen atoms in total. The third-order valence-electron chi connectivity index (χ3n) is 4.33. The Morgan fingerprint density at radius 3 is 2.62 bits per heavy atom. The third kappa shape index (κ3) is 4.21. The van der Waals surface area contributed by atoms with Gasteiger partial charge >= 0.3 is 0 Å². The van der Waals surface area contributed by atoms with Gasteiger partial charge in [-0.1, -0.05) is 30.3 Å². The Morgan fingerprint density at radius 2 is 2.00 bits per heavy atom. The molecule has 0 spiro atoms. The molecule has 0 aromatic heterocycles. The van der Waals surface area contributed by atoms with Crippen LogP contribution in [-0.2, 0) is 10.2 Å². The lowest BCUT2D eigenvalue weighted by atomic mass is 9.82. The van der Waals surface area contributed by atoms with Gasteiger partial charge in [0.15, 0.2) is 0 Å². The van der Waals surface area contributed by atoms with Gasteiger partial charge < -0.3 is 10.2 Å². The molecule has 1 fully saturated rings. The van der Waals surface area contributed by atoms with E-state index in [-0.39, 0.29) is 18.3 Å². The number of amides is 1. The van der Waals surface area contributed by atoms with Crippen molar-refractivity contribution in [3.05, 3.63) is 35.9 Å². The van der Waals surface area contributed by atoms with Gasteiger partial charge in [0.25, 0.3) is 0 Å². The summed E-state index contributed by atoms with van der Waals surface area (Å²) in [6.45, 7) is 6.85. The van der Waals surface area contributed by atoms with Crippen molar-refractivity contribution in [2.45, 2.75) is 32.1 Å². The van der Waals surface area contributed by atoms with Crippen LogP contribution in [0.25, 0.3) is 0 Å². The van der Waals surface area contributed by atoms with Gasteiger partial charge in [-0.25, -0.2) is 0 Å². The molecule has 1 aromatic carbocycles. The number of rotatable bonds is 4. The Labute approximate surface area is 134 Å². The lowest BCUT2D eigenvalue weighted by Crippen LogP contribution is -2.49. The van der Waals surface area contributed by atoms with Crippen LogP contribution in [0.1, 0.15) is 32.3 Å². The van der Waals surface area contributed by atoms with Crippen LogP contribution in [0.15, 0.2) is 30.3 Å². The Bertz CT molecular complexity index is 445. The van der Waals surface area contributed by atoms with E-state index in [0.717, 1.165) is 31.6 Å². The molecule has 1 aliphatic heterocycles. The molecule has 4 heteroatoms. The second kappa shape index (κ2) is 7.81. The average Bonchev–Trinajstić information content (AvgIpc) is 2.48. The summed E-state index contributed by atoms with van der Waals surface area (Å²) in [6.07, 6.45) is 2.33. The highest BCUT2D eigenvalue weighted by atomic mass is 35.5. The standard InChI is InChI=1S/C17H26N2O.ClH/c1-17(2,15-9-5-4-6-10-15)16(20)19-11-7-8-14(13-19)12-18-3;/h4-6,9-10,14,18H,7-8,11-13H2,1-3H3;1H. The van der Waals surface area contributed by atoms with Gasteiger partial charge in [0.2, 0.25) is 5.91 Å². The van der Waals surface area contributed by atoms with Crippen LogP contribution in [0, 0.1) is 5.92 Å². The van der Waals surface area contributed by atoms with Crippen molar-refractivity contribution in [3.63, 3.8) is 0 Å². The molecule has 1 atom stereocenters. The fraction of sp³-hybridized carbons (Fsp3) is 0.588. The number of likely N-dealkylation sites (tertiary alicyclic amines) is 1. The number of piperidine rings is 1. The van der Waals surface area contributed by atoms with E-state index < -0.39 is 5.41 Å². The molecular formula is C17H27ClN2O. The molecular weight excluding hydrogens is 284 g/mol. The first kappa shape index (κ1) is 18.0. The third-order valence-corrected chi connectivity index (χ3v) is 4.33. The molecule has 21 heavy (non-hydrogen) atoms. The number of halogens is 1. The van der Waals surface area contributed by atoms with Crippen LogP contribution >= 0.6 is 12.4 Å². The van der Waals surface area contributed by atoms with E-state index >= 15 is 0 Å². The van der Waals surface area contributed by atoms with Crippen LogP contribution in [0.2, 0.25) is 0 Å². The Kier molecular flexibility index (Phi) is 6.69. The van der Waals surface area contributed by atoms with Crippen molar-refractivity contribution in [2.75, 3.05) is 26.7 Å². The summed E-state index contributed by atoms with van der Waals surface area (Å²) in [4.78, 5) is 14.9. The zero-order valence-corrected chi connectivity index (χ0v) is 14.1. The minimum atomic E-state index is -0.442. The van der Waals surface area contributed by atoms with E-state index in [0.29, 0.717) is 5.92 Å². The highest BCUT2D eigenvalue weighted by Gasteiger charge is 2.35. The van der Waals surface area contributed by atoms with Gasteiger partial charge in [-0.15, -0.1) is 12.4 Å². The van der Waals surface area contributed by atoms with Gasteiger partial charge in [0.05, 0.1) is 5.41 Å². The number of carbonyl (C=O) groups excluding carboxylic acids is 1. The largest absolute Gasteiger partial charge is 0.342 e. The molecule has 1 heterocycles. The molecule has 2 rings (SSSR count). The lowest BCUT2D eigenvalue weighted by molar-refractivity contribution is -0.138. The number of nitrogens with one attached hydrogen (secondary N) is 1. The molecule has 0 bridgehead atoms. The second-order valence-corrected chi connectivity index (χ2v) is 6.31. The summed E-state index contributed by atoms with van der Waals surface area (Å²) in [5, 5.41) is 3.23. The second-order valence-electron chi connectivity index (χ2n) is 6.31. The van der Waals surface area contributed by atoms with Gasteiger partial charge in [-0.05, 0) is 51.8 Å².